The Morgan fingerprint density at radius 2 is 2.09 bits per heavy atom. The molecule has 0 aromatic heterocycles. The highest BCUT2D eigenvalue weighted by Crippen LogP contribution is 2.32. The molecule has 6 nitrogen and oxygen atoms in total. The first-order chi connectivity index (χ1) is 11.2. The van der Waals surface area contributed by atoms with Gasteiger partial charge in [-0.25, -0.2) is 0 Å². The zero-order valence-electron chi connectivity index (χ0n) is 13.1. The van der Waals surface area contributed by atoms with Gasteiger partial charge in [0.05, 0.1) is 18.9 Å². The molecule has 2 heterocycles. The van der Waals surface area contributed by atoms with Gasteiger partial charge in [-0.3, -0.25) is 9.69 Å². The second-order valence-electron chi connectivity index (χ2n) is 5.55. The summed E-state index contributed by atoms with van der Waals surface area (Å²) in [6, 6.07) is 5.80. The summed E-state index contributed by atoms with van der Waals surface area (Å²) >= 11 is 3.44. The molecule has 2 aliphatic rings. The van der Waals surface area contributed by atoms with Crippen LogP contribution in [0.1, 0.15) is 12.0 Å². The zero-order chi connectivity index (χ0) is 16.2. The number of halogens is 1. The first-order valence-electron chi connectivity index (χ1n) is 7.74. The summed E-state index contributed by atoms with van der Waals surface area (Å²) < 4.78 is 6.27. The van der Waals surface area contributed by atoms with Crippen LogP contribution < -0.4 is 4.90 Å². The Bertz CT molecular complexity index is 615. The van der Waals surface area contributed by atoms with Crippen LogP contribution in [-0.4, -0.2) is 63.0 Å². The van der Waals surface area contributed by atoms with Crippen LogP contribution in [0.2, 0.25) is 0 Å². The first kappa shape index (κ1) is 16.4. The van der Waals surface area contributed by atoms with Crippen molar-refractivity contribution in [1.29, 1.82) is 0 Å². The number of oxime groups is 1. The highest BCUT2D eigenvalue weighted by Gasteiger charge is 2.34. The number of morpholine rings is 1. The summed E-state index contributed by atoms with van der Waals surface area (Å²) in [5.74, 6) is -0.0954. The molecule has 0 saturated carbocycles. The van der Waals surface area contributed by atoms with E-state index in [1.165, 1.54) is 7.11 Å². The number of hydrogen-bond donors (Lipinski definition) is 0. The highest BCUT2D eigenvalue weighted by molar-refractivity contribution is 9.10. The molecule has 0 N–H and O–H groups in total. The number of nitrogens with zero attached hydrogens (tertiary/aromatic N) is 3. The fourth-order valence-corrected chi connectivity index (χ4v) is 3.33. The van der Waals surface area contributed by atoms with Gasteiger partial charge in [0.25, 0.3) is 5.91 Å². The van der Waals surface area contributed by atoms with E-state index in [4.69, 9.17) is 9.57 Å². The van der Waals surface area contributed by atoms with Crippen LogP contribution in [-0.2, 0) is 14.4 Å². The number of carbonyl (C=O) groups is 1. The van der Waals surface area contributed by atoms with Crippen molar-refractivity contribution in [3.63, 3.8) is 0 Å². The second-order valence-corrected chi connectivity index (χ2v) is 6.46. The predicted octanol–water partition coefficient (Wildman–Crippen LogP) is 1.87. The predicted molar refractivity (Wildman–Crippen MR) is 91.9 cm³/mol. The molecule has 2 aliphatic heterocycles. The van der Waals surface area contributed by atoms with E-state index in [1.807, 2.05) is 18.2 Å². The van der Waals surface area contributed by atoms with E-state index in [9.17, 15) is 4.79 Å². The quantitative estimate of drug-likeness (QED) is 0.730. The molecule has 3 rings (SSSR count). The summed E-state index contributed by atoms with van der Waals surface area (Å²) in [5.41, 5.74) is 2.09. The number of hydrogen-bond acceptors (Lipinski definition) is 5. The second kappa shape index (κ2) is 7.42. The molecular formula is C16H20BrN3O3. The van der Waals surface area contributed by atoms with Crippen LogP contribution in [0, 0.1) is 0 Å². The minimum absolute atomic E-state index is 0.0954. The number of fused-ring (bicyclic) bond motifs is 1. The third kappa shape index (κ3) is 3.57. The summed E-state index contributed by atoms with van der Waals surface area (Å²) in [6.45, 7) is 5.17. The van der Waals surface area contributed by atoms with Crippen molar-refractivity contribution in [2.45, 2.75) is 6.42 Å². The SMILES string of the molecule is CO/N=C1\C(=O)N(CCCN2CCOCC2)c2ccc(Br)cc21. The van der Waals surface area contributed by atoms with Gasteiger partial charge in [0.2, 0.25) is 0 Å². The number of amides is 1. The lowest BCUT2D eigenvalue weighted by molar-refractivity contribution is -0.112. The Labute approximate surface area is 144 Å². The van der Waals surface area contributed by atoms with Crippen molar-refractivity contribution >= 4 is 33.2 Å². The van der Waals surface area contributed by atoms with Crippen molar-refractivity contribution in [2.75, 3.05) is 51.4 Å². The Morgan fingerprint density at radius 1 is 1.30 bits per heavy atom. The summed E-state index contributed by atoms with van der Waals surface area (Å²) in [4.78, 5) is 21.6. The smallest absolute Gasteiger partial charge is 0.281 e. The molecule has 1 aromatic rings. The molecule has 1 aromatic carbocycles. The van der Waals surface area contributed by atoms with Crippen molar-refractivity contribution < 1.29 is 14.4 Å². The van der Waals surface area contributed by atoms with E-state index in [2.05, 4.69) is 26.0 Å². The van der Waals surface area contributed by atoms with Crippen LogP contribution in [0.15, 0.2) is 27.8 Å². The number of anilines is 1. The van der Waals surface area contributed by atoms with Crippen LogP contribution in [0.4, 0.5) is 5.69 Å². The topological polar surface area (TPSA) is 54.4 Å². The molecule has 23 heavy (non-hydrogen) atoms. The van der Waals surface area contributed by atoms with Gasteiger partial charge in [-0.05, 0) is 24.6 Å². The first-order valence-corrected chi connectivity index (χ1v) is 8.53. The fraction of sp³-hybridized carbons (Fsp3) is 0.500. The lowest BCUT2D eigenvalue weighted by Crippen LogP contribution is -2.39. The maximum absolute atomic E-state index is 12.6. The number of carbonyl (C=O) groups excluding carboxylic acids is 1. The zero-order valence-corrected chi connectivity index (χ0v) is 14.7. The van der Waals surface area contributed by atoms with Crippen LogP contribution >= 0.6 is 15.9 Å². The Morgan fingerprint density at radius 3 is 2.83 bits per heavy atom. The number of rotatable bonds is 5. The standard InChI is InChI=1S/C16H20BrN3O3/c1-22-18-15-13-11-12(17)3-4-14(13)20(16(15)21)6-2-5-19-7-9-23-10-8-19/h3-4,11H,2,5-10H2,1H3/b18-15-. The van der Waals surface area contributed by atoms with Crippen molar-refractivity contribution in [2.24, 2.45) is 5.16 Å². The van der Waals surface area contributed by atoms with Crippen LogP contribution in [0.5, 0.6) is 0 Å². The van der Waals surface area contributed by atoms with Crippen molar-refractivity contribution in [3.05, 3.63) is 28.2 Å². The monoisotopic (exact) mass is 381 g/mol. The Balaban J connectivity index is 1.70. The molecule has 0 aliphatic carbocycles. The molecule has 0 atom stereocenters. The molecule has 1 amide bonds. The van der Waals surface area contributed by atoms with E-state index in [1.54, 1.807) is 4.90 Å². The molecule has 124 valence electrons. The third-order valence-corrected chi connectivity index (χ3v) is 4.59. The molecular weight excluding hydrogens is 362 g/mol. The maximum Gasteiger partial charge on any atom is 0.281 e. The minimum Gasteiger partial charge on any atom is -0.398 e. The van der Waals surface area contributed by atoms with Gasteiger partial charge in [-0.1, -0.05) is 21.1 Å². The molecule has 0 bridgehead atoms. The van der Waals surface area contributed by atoms with Gasteiger partial charge < -0.3 is 14.5 Å². The lowest BCUT2D eigenvalue weighted by Gasteiger charge is -2.27. The summed E-state index contributed by atoms with van der Waals surface area (Å²) in [6.07, 6.45) is 0.918. The molecule has 1 saturated heterocycles. The third-order valence-electron chi connectivity index (χ3n) is 4.09. The normalized spacial score (nSPS) is 20.2. The molecule has 1 fully saturated rings. The average Bonchev–Trinajstić information content (AvgIpc) is 2.81. The average molecular weight is 382 g/mol. The van der Waals surface area contributed by atoms with Gasteiger partial charge in [0.15, 0.2) is 5.71 Å². The molecule has 0 unspecified atom stereocenters. The van der Waals surface area contributed by atoms with E-state index >= 15 is 0 Å². The van der Waals surface area contributed by atoms with Gasteiger partial charge in [-0.2, -0.15) is 0 Å². The summed E-state index contributed by atoms with van der Waals surface area (Å²) in [7, 11) is 1.46. The maximum atomic E-state index is 12.6. The molecule has 0 spiro atoms. The van der Waals surface area contributed by atoms with Crippen LogP contribution in [0.3, 0.4) is 0 Å². The van der Waals surface area contributed by atoms with E-state index in [-0.39, 0.29) is 5.91 Å². The highest BCUT2D eigenvalue weighted by atomic mass is 79.9. The Hall–Kier alpha value is -1.44. The molecule has 7 heteroatoms. The largest absolute Gasteiger partial charge is 0.398 e. The number of ether oxygens (including phenoxy) is 1. The van der Waals surface area contributed by atoms with Gasteiger partial charge in [-0.15, -0.1) is 0 Å². The van der Waals surface area contributed by atoms with Gasteiger partial charge in [0.1, 0.15) is 7.11 Å². The van der Waals surface area contributed by atoms with Crippen molar-refractivity contribution in [1.82, 2.24) is 4.90 Å². The molecule has 0 radical (unpaired) electrons. The minimum atomic E-state index is -0.0954. The lowest BCUT2D eigenvalue weighted by atomic mass is 10.1. The van der Waals surface area contributed by atoms with Crippen LogP contribution in [0.25, 0.3) is 0 Å². The van der Waals surface area contributed by atoms with E-state index in [0.717, 1.165) is 55.0 Å². The van der Waals surface area contributed by atoms with E-state index in [0.29, 0.717) is 12.3 Å². The Kier molecular flexibility index (Phi) is 5.30. The number of benzene rings is 1. The van der Waals surface area contributed by atoms with Gasteiger partial charge in [0, 0.05) is 36.2 Å². The van der Waals surface area contributed by atoms with E-state index < -0.39 is 0 Å². The van der Waals surface area contributed by atoms with Crippen molar-refractivity contribution in [3.8, 4) is 0 Å². The fourth-order valence-electron chi connectivity index (χ4n) is 2.96. The van der Waals surface area contributed by atoms with Gasteiger partial charge >= 0.3 is 0 Å². The summed E-state index contributed by atoms with van der Waals surface area (Å²) in [5, 5.41) is 3.91.